The Labute approximate surface area is 85.3 Å². The summed E-state index contributed by atoms with van der Waals surface area (Å²) in [5.74, 6) is 0.470. The normalized spacial score (nSPS) is 15.8. The second-order valence-electron chi connectivity index (χ2n) is 3.38. The van der Waals surface area contributed by atoms with Gasteiger partial charge in [-0.25, -0.2) is 0 Å². The number of hydrogen-bond acceptors (Lipinski definition) is 2. The molecule has 0 aliphatic heterocycles. The van der Waals surface area contributed by atoms with Crippen LogP contribution in [0.3, 0.4) is 0 Å². The van der Waals surface area contributed by atoms with Crippen LogP contribution in [-0.4, -0.2) is 5.78 Å². The van der Waals surface area contributed by atoms with Gasteiger partial charge in [-0.3, -0.25) is 4.79 Å². The standard InChI is InChI=1S/C10H10BrNO/c11-9-4-3-7(12)5-8(9)10(13)6-1-2-6/h3-6H,1-2,12H2. The molecular weight excluding hydrogens is 230 g/mol. The van der Waals surface area contributed by atoms with E-state index < -0.39 is 0 Å². The van der Waals surface area contributed by atoms with Crippen molar-refractivity contribution < 1.29 is 4.79 Å². The molecule has 0 atom stereocenters. The first-order valence-corrected chi connectivity index (χ1v) is 5.07. The smallest absolute Gasteiger partial charge is 0.167 e. The molecule has 1 aromatic rings. The molecule has 1 aliphatic rings. The maximum atomic E-state index is 11.7. The van der Waals surface area contributed by atoms with Gasteiger partial charge in [-0.05, 0) is 31.0 Å². The highest BCUT2D eigenvalue weighted by atomic mass is 79.9. The second kappa shape index (κ2) is 3.14. The lowest BCUT2D eigenvalue weighted by Crippen LogP contribution is -2.03. The number of ketones is 1. The fourth-order valence-corrected chi connectivity index (χ4v) is 1.74. The van der Waals surface area contributed by atoms with Gasteiger partial charge in [-0.2, -0.15) is 0 Å². The Morgan fingerprint density at radius 1 is 1.46 bits per heavy atom. The maximum Gasteiger partial charge on any atom is 0.167 e. The number of anilines is 1. The van der Waals surface area contributed by atoms with Crippen LogP contribution in [0.4, 0.5) is 5.69 Å². The van der Waals surface area contributed by atoms with Crippen LogP contribution in [0, 0.1) is 5.92 Å². The highest BCUT2D eigenvalue weighted by molar-refractivity contribution is 9.10. The average molecular weight is 240 g/mol. The van der Waals surface area contributed by atoms with Crippen molar-refractivity contribution in [3.8, 4) is 0 Å². The lowest BCUT2D eigenvalue weighted by molar-refractivity contribution is 0.0967. The molecule has 13 heavy (non-hydrogen) atoms. The summed E-state index contributed by atoms with van der Waals surface area (Å²) in [6.07, 6.45) is 2.06. The first kappa shape index (κ1) is 8.75. The molecule has 0 unspecified atom stereocenters. The fraction of sp³-hybridized carbons (Fsp3) is 0.300. The summed E-state index contributed by atoms with van der Waals surface area (Å²) in [5.41, 5.74) is 6.98. The first-order valence-electron chi connectivity index (χ1n) is 4.27. The summed E-state index contributed by atoms with van der Waals surface area (Å²) in [5, 5.41) is 0. The van der Waals surface area contributed by atoms with Crippen molar-refractivity contribution in [3.63, 3.8) is 0 Å². The second-order valence-corrected chi connectivity index (χ2v) is 4.23. The van der Waals surface area contributed by atoms with E-state index in [1.807, 2.05) is 6.07 Å². The molecule has 0 amide bonds. The molecule has 0 aromatic heterocycles. The van der Waals surface area contributed by atoms with Crippen molar-refractivity contribution >= 4 is 27.4 Å². The molecule has 1 saturated carbocycles. The number of carbonyl (C=O) groups excluding carboxylic acids is 1. The van der Waals surface area contributed by atoms with E-state index in [0.717, 1.165) is 22.9 Å². The topological polar surface area (TPSA) is 43.1 Å². The molecule has 2 N–H and O–H groups in total. The van der Waals surface area contributed by atoms with Crippen LogP contribution >= 0.6 is 15.9 Å². The van der Waals surface area contributed by atoms with Crippen molar-refractivity contribution in [2.24, 2.45) is 5.92 Å². The van der Waals surface area contributed by atoms with Gasteiger partial charge in [-0.1, -0.05) is 15.9 Å². The lowest BCUT2D eigenvalue weighted by Gasteiger charge is -2.03. The molecular formula is C10H10BrNO. The Morgan fingerprint density at radius 2 is 2.15 bits per heavy atom. The predicted molar refractivity (Wildman–Crippen MR) is 55.6 cm³/mol. The molecule has 0 radical (unpaired) electrons. The van der Waals surface area contributed by atoms with Crippen molar-refractivity contribution in [2.45, 2.75) is 12.8 Å². The first-order chi connectivity index (χ1) is 6.18. The molecule has 1 aliphatic carbocycles. The van der Waals surface area contributed by atoms with Crippen LogP contribution in [0.1, 0.15) is 23.2 Å². The van der Waals surface area contributed by atoms with Gasteiger partial charge in [0.1, 0.15) is 0 Å². The molecule has 68 valence electrons. The Bertz CT molecular complexity index is 358. The Kier molecular flexibility index (Phi) is 2.12. The Morgan fingerprint density at radius 3 is 2.77 bits per heavy atom. The number of halogens is 1. The van der Waals surface area contributed by atoms with E-state index in [9.17, 15) is 4.79 Å². The van der Waals surface area contributed by atoms with E-state index in [2.05, 4.69) is 15.9 Å². The number of nitrogen functional groups attached to an aromatic ring is 1. The maximum absolute atomic E-state index is 11.7. The zero-order chi connectivity index (χ0) is 9.42. The van der Waals surface area contributed by atoms with Crippen molar-refractivity contribution in [2.75, 3.05) is 5.73 Å². The quantitative estimate of drug-likeness (QED) is 0.637. The molecule has 0 saturated heterocycles. The molecule has 0 heterocycles. The van der Waals surface area contributed by atoms with Gasteiger partial charge in [0.25, 0.3) is 0 Å². The van der Waals surface area contributed by atoms with E-state index >= 15 is 0 Å². The summed E-state index contributed by atoms with van der Waals surface area (Å²) < 4.78 is 0.846. The molecule has 0 bridgehead atoms. The van der Waals surface area contributed by atoms with Crippen LogP contribution < -0.4 is 5.73 Å². The van der Waals surface area contributed by atoms with Gasteiger partial charge in [0.2, 0.25) is 0 Å². The minimum absolute atomic E-state index is 0.221. The van der Waals surface area contributed by atoms with E-state index in [4.69, 9.17) is 5.73 Å². The summed E-state index contributed by atoms with van der Waals surface area (Å²) in [6.45, 7) is 0. The number of benzene rings is 1. The summed E-state index contributed by atoms with van der Waals surface area (Å²) in [4.78, 5) is 11.7. The van der Waals surface area contributed by atoms with Crippen LogP contribution in [0.2, 0.25) is 0 Å². The summed E-state index contributed by atoms with van der Waals surface area (Å²) >= 11 is 3.35. The molecule has 3 heteroatoms. The monoisotopic (exact) mass is 239 g/mol. The minimum atomic E-state index is 0.221. The van der Waals surface area contributed by atoms with Crippen LogP contribution in [0.25, 0.3) is 0 Å². The van der Waals surface area contributed by atoms with E-state index in [1.165, 1.54) is 0 Å². The summed E-state index contributed by atoms with van der Waals surface area (Å²) in [6, 6.07) is 5.35. The van der Waals surface area contributed by atoms with Gasteiger partial charge in [-0.15, -0.1) is 0 Å². The van der Waals surface area contributed by atoms with Crippen LogP contribution in [0.5, 0.6) is 0 Å². The fourth-order valence-electron chi connectivity index (χ4n) is 1.30. The zero-order valence-electron chi connectivity index (χ0n) is 7.09. The number of nitrogens with two attached hydrogens (primary N) is 1. The van der Waals surface area contributed by atoms with E-state index in [-0.39, 0.29) is 11.7 Å². The van der Waals surface area contributed by atoms with Crippen LogP contribution in [0.15, 0.2) is 22.7 Å². The van der Waals surface area contributed by atoms with Gasteiger partial charge < -0.3 is 5.73 Å². The Hall–Kier alpha value is -0.830. The van der Waals surface area contributed by atoms with E-state index in [0.29, 0.717) is 5.69 Å². The van der Waals surface area contributed by atoms with Crippen molar-refractivity contribution in [1.29, 1.82) is 0 Å². The average Bonchev–Trinajstić information content (AvgIpc) is 2.91. The predicted octanol–water partition coefficient (Wildman–Crippen LogP) is 2.62. The minimum Gasteiger partial charge on any atom is -0.399 e. The third-order valence-electron chi connectivity index (χ3n) is 2.20. The molecule has 2 nitrogen and oxygen atoms in total. The highest BCUT2D eigenvalue weighted by Crippen LogP contribution is 2.35. The zero-order valence-corrected chi connectivity index (χ0v) is 8.67. The van der Waals surface area contributed by atoms with E-state index in [1.54, 1.807) is 12.1 Å². The summed E-state index contributed by atoms with van der Waals surface area (Å²) in [7, 11) is 0. The number of hydrogen-bond donors (Lipinski definition) is 1. The molecule has 1 aromatic carbocycles. The SMILES string of the molecule is Nc1ccc(Br)c(C(=O)C2CC2)c1. The lowest BCUT2D eigenvalue weighted by atomic mass is 10.1. The van der Waals surface area contributed by atoms with Gasteiger partial charge in [0, 0.05) is 21.6 Å². The molecule has 2 rings (SSSR count). The van der Waals surface area contributed by atoms with Gasteiger partial charge in [0.15, 0.2) is 5.78 Å². The number of Topliss-reactive ketones (excluding diaryl/α,β-unsaturated/α-hetero) is 1. The molecule has 0 spiro atoms. The number of rotatable bonds is 2. The highest BCUT2D eigenvalue weighted by Gasteiger charge is 2.31. The van der Waals surface area contributed by atoms with Gasteiger partial charge >= 0.3 is 0 Å². The third kappa shape index (κ3) is 1.75. The van der Waals surface area contributed by atoms with Gasteiger partial charge in [0.05, 0.1) is 0 Å². The van der Waals surface area contributed by atoms with Crippen LogP contribution in [-0.2, 0) is 0 Å². The Balaban J connectivity index is 2.37. The third-order valence-corrected chi connectivity index (χ3v) is 2.90. The number of carbonyl (C=O) groups is 1. The molecule has 1 fully saturated rings. The largest absolute Gasteiger partial charge is 0.399 e. The van der Waals surface area contributed by atoms with Crippen molar-refractivity contribution in [1.82, 2.24) is 0 Å². The van der Waals surface area contributed by atoms with Crippen molar-refractivity contribution in [3.05, 3.63) is 28.2 Å².